The molecule has 0 aromatic carbocycles. The molecule has 5 heteroatoms. The first kappa shape index (κ1) is 12.8. The molecule has 0 unspecified atom stereocenters. The first-order valence-corrected chi connectivity index (χ1v) is 6.48. The molecule has 1 spiro atoms. The second-order valence-electron chi connectivity index (χ2n) is 5.12. The van der Waals surface area contributed by atoms with Crippen LogP contribution in [0.3, 0.4) is 0 Å². The summed E-state index contributed by atoms with van der Waals surface area (Å²) in [5.41, 5.74) is 6.56. The number of nitrogens with one attached hydrogen (secondary N) is 2. The predicted molar refractivity (Wildman–Crippen MR) is 73.9 cm³/mol. The van der Waals surface area contributed by atoms with Crippen LogP contribution in [0.25, 0.3) is 0 Å². The van der Waals surface area contributed by atoms with Gasteiger partial charge in [0.25, 0.3) is 0 Å². The Morgan fingerprint density at radius 3 is 2.61 bits per heavy atom. The predicted octanol–water partition coefficient (Wildman–Crippen LogP) is 1.98. The maximum absolute atomic E-state index is 9.37. The Morgan fingerprint density at radius 2 is 2.11 bits per heavy atom. The first-order chi connectivity index (χ1) is 8.55. The summed E-state index contributed by atoms with van der Waals surface area (Å²) >= 11 is 5.23. The van der Waals surface area contributed by atoms with Gasteiger partial charge >= 0.3 is 0 Å². The molecule has 1 aliphatic carbocycles. The Bertz CT molecular complexity index is 512. The molecule has 0 radical (unpaired) electrons. The van der Waals surface area contributed by atoms with E-state index in [0.717, 1.165) is 25.7 Å². The Morgan fingerprint density at radius 1 is 1.50 bits per heavy atom. The highest BCUT2D eigenvalue weighted by atomic mass is 32.1. The summed E-state index contributed by atoms with van der Waals surface area (Å²) in [6.07, 6.45) is 3.68. The van der Waals surface area contributed by atoms with E-state index in [2.05, 4.69) is 24.2 Å². The highest BCUT2D eigenvalue weighted by molar-refractivity contribution is 7.80. The lowest BCUT2D eigenvalue weighted by Crippen LogP contribution is -2.46. The molecule has 1 saturated carbocycles. The van der Waals surface area contributed by atoms with Crippen molar-refractivity contribution in [1.82, 2.24) is 5.32 Å². The van der Waals surface area contributed by atoms with E-state index in [-0.39, 0.29) is 0 Å². The minimum absolute atomic E-state index is 0.344. The highest BCUT2D eigenvalue weighted by Crippen LogP contribution is 2.50. The van der Waals surface area contributed by atoms with E-state index >= 15 is 0 Å². The smallest absolute Gasteiger partial charge is 0.118 e. The zero-order valence-electron chi connectivity index (χ0n) is 10.3. The summed E-state index contributed by atoms with van der Waals surface area (Å²) in [5, 5.41) is 19.7. The van der Waals surface area contributed by atoms with Crippen molar-refractivity contribution in [2.45, 2.75) is 32.6 Å². The van der Waals surface area contributed by atoms with Crippen LogP contribution < -0.4 is 11.1 Å². The fourth-order valence-corrected chi connectivity index (χ4v) is 3.30. The number of hydrogen-bond acceptors (Lipinski definition) is 4. The van der Waals surface area contributed by atoms with Gasteiger partial charge in [-0.15, -0.1) is 0 Å². The monoisotopic (exact) mass is 260 g/mol. The topological polar surface area (TPSA) is 85.7 Å². The van der Waals surface area contributed by atoms with Crippen LogP contribution in [-0.2, 0) is 0 Å². The average Bonchev–Trinajstić information content (AvgIpc) is 2.33. The molecule has 2 rings (SSSR count). The number of nitrogens with zero attached hydrogens (tertiary/aromatic N) is 1. The lowest BCUT2D eigenvalue weighted by atomic mass is 9.62. The van der Waals surface area contributed by atoms with Crippen molar-refractivity contribution < 1.29 is 0 Å². The Labute approximate surface area is 112 Å². The largest absolute Gasteiger partial charge is 0.384 e. The zero-order chi connectivity index (χ0) is 13.3. The van der Waals surface area contributed by atoms with Crippen molar-refractivity contribution in [3.8, 4) is 6.07 Å². The molecule has 4 N–H and O–H groups in total. The fourth-order valence-electron chi connectivity index (χ4n) is 2.95. The first-order valence-electron chi connectivity index (χ1n) is 6.07. The van der Waals surface area contributed by atoms with Crippen molar-refractivity contribution in [2.24, 2.45) is 17.1 Å². The number of allylic oxidation sites excluding steroid dienone is 1. The van der Waals surface area contributed by atoms with Gasteiger partial charge in [0.05, 0.1) is 17.2 Å². The maximum atomic E-state index is 9.37. The van der Waals surface area contributed by atoms with Crippen LogP contribution >= 0.6 is 12.2 Å². The van der Waals surface area contributed by atoms with Gasteiger partial charge in [0.2, 0.25) is 0 Å². The van der Waals surface area contributed by atoms with Crippen molar-refractivity contribution >= 4 is 23.1 Å². The zero-order valence-corrected chi connectivity index (χ0v) is 11.2. The summed E-state index contributed by atoms with van der Waals surface area (Å²) in [6.45, 7) is 2.21. The molecule has 1 heterocycles. The van der Waals surface area contributed by atoms with Gasteiger partial charge in [-0.2, -0.15) is 5.26 Å². The SMILES string of the molecule is CC1CCC2(CC1)C(=C=N)C(=S)NC(N)=C2C#N. The number of nitrogens with two attached hydrogens (primary N) is 1. The minimum atomic E-state index is -0.477. The third-order valence-corrected chi connectivity index (χ3v) is 4.37. The van der Waals surface area contributed by atoms with Crippen molar-refractivity contribution in [3.05, 3.63) is 17.0 Å². The van der Waals surface area contributed by atoms with Gasteiger partial charge in [0, 0.05) is 5.41 Å². The fraction of sp³-hybridized carbons (Fsp3) is 0.538. The molecular weight excluding hydrogens is 244 g/mol. The molecule has 0 bridgehead atoms. The molecule has 0 atom stereocenters. The summed E-state index contributed by atoms with van der Waals surface area (Å²) < 4.78 is 0. The molecule has 1 aliphatic heterocycles. The summed E-state index contributed by atoms with van der Waals surface area (Å²) in [4.78, 5) is 0.441. The molecule has 2 aliphatic rings. The second-order valence-corrected chi connectivity index (χ2v) is 5.53. The van der Waals surface area contributed by atoms with Crippen LogP contribution in [0.2, 0.25) is 0 Å². The molecule has 0 amide bonds. The lowest BCUT2D eigenvalue weighted by Gasteiger charge is -2.43. The van der Waals surface area contributed by atoms with Crippen LogP contribution in [0.1, 0.15) is 32.6 Å². The molecule has 1 fully saturated rings. The van der Waals surface area contributed by atoms with Gasteiger partial charge in [0.15, 0.2) is 0 Å². The van der Waals surface area contributed by atoms with Gasteiger partial charge in [0.1, 0.15) is 10.8 Å². The van der Waals surface area contributed by atoms with Gasteiger partial charge < -0.3 is 11.1 Å². The number of hydrogen-bond donors (Lipinski definition) is 3. The standard InChI is InChI=1S/C13H16N4S/c1-8-2-4-13(5-3-8)9(6-14)11(16)17-12(18)10(13)7-15/h8,15H,2-5,16H2,1H3,(H,17,18). The molecule has 0 aromatic heterocycles. The minimum Gasteiger partial charge on any atom is -0.384 e. The van der Waals surface area contributed by atoms with E-state index in [4.69, 9.17) is 23.4 Å². The molecule has 4 nitrogen and oxygen atoms in total. The molecule has 94 valence electrons. The Kier molecular flexibility index (Phi) is 3.25. The average molecular weight is 260 g/mol. The van der Waals surface area contributed by atoms with Crippen molar-refractivity contribution in [3.63, 3.8) is 0 Å². The van der Waals surface area contributed by atoms with Gasteiger partial charge in [-0.05, 0) is 37.5 Å². The molecular formula is C13H16N4S. The van der Waals surface area contributed by atoms with Gasteiger partial charge in [-0.1, -0.05) is 19.1 Å². The van der Waals surface area contributed by atoms with E-state index in [1.54, 1.807) is 0 Å². The highest BCUT2D eigenvalue weighted by Gasteiger charge is 2.46. The summed E-state index contributed by atoms with van der Waals surface area (Å²) in [5.74, 6) is 3.43. The quantitative estimate of drug-likeness (QED) is 0.353. The number of nitriles is 1. The third kappa shape index (κ3) is 1.74. The van der Waals surface area contributed by atoms with E-state index in [0.29, 0.717) is 27.9 Å². The normalized spacial score (nSPS) is 31.9. The van der Waals surface area contributed by atoms with Gasteiger partial charge in [-0.3, -0.25) is 5.41 Å². The van der Waals surface area contributed by atoms with Crippen LogP contribution in [0.4, 0.5) is 0 Å². The molecule has 0 aromatic rings. The van der Waals surface area contributed by atoms with Crippen LogP contribution in [0.5, 0.6) is 0 Å². The Balaban J connectivity index is 2.58. The van der Waals surface area contributed by atoms with Gasteiger partial charge in [-0.25, -0.2) is 0 Å². The van der Waals surface area contributed by atoms with Crippen LogP contribution in [0, 0.1) is 28.1 Å². The van der Waals surface area contributed by atoms with Crippen LogP contribution in [0.15, 0.2) is 17.0 Å². The number of thiocarbonyl (C=S) groups is 1. The van der Waals surface area contributed by atoms with Crippen molar-refractivity contribution in [2.75, 3.05) is 0 Å². The van der Waals surface area contributed by atoms with E-state index in [1.807, 2.05) is 0 Å². The molecule has 18 heavy (non-hydrogen) atoms. The third-order valence-electron chi connectivity index (χ3n) is 4.07. The van der Waals surface area contributed by atoms with Crippen molar-refractivity contribution in [1.29, 1.82) is 10.7 Å². The molecule has 0 saturated heterocycles. The number of rotatable bonds is 0. The van der Waals surface area contributed by atoms with E-state index in [1.165, 1.54) is 0 Å². The van der Waals surface area contributed by atoms with Crippen LogP contribution in [-0.4, -0.2) is 10.9 Å². The summed E-state index contributed by atoms with van der Waals surface area (Å²) in [6, 6.07) is 2.20. The van der Waals surface area contributed by atoms with E-state index in [9.17, 15) is 5.26 Å². The summed E-state index contributed by atoms with van der Waals surface area (Å²) in [7, 11) is 0. The second kappa shape index (κ2) is 4.56. The maximum Gasteiger partial charge on any atom is 0.118 e. The lowest BCUT2D eigenvalue weighted by molar-refractivity contribution is 0.246. The Hall–Kier alpha value is -1.63. The van der Waals surface area contributed by atoms with E-state index < -0.39 is 5.41 Å².